The van der Waals surface area contributed by atoms with Crippen molar-refractivity contribution < 1.29 is 14.6 Å². The Hall–Kier alpha value is -1.90. The van der Waals surface area contributed by atoms with Crippen LogP contribution in [0.1, 0.15) is 11.1 Å². The molecule has 0 aliphatic heterocycles. The molecular weight excluding hydrogens is 192 g/mol. The number of methoxy groups -OCH3 is 2. The molecular formula is C12H14O3. The fraction of sp³-hybridized carbons (Fsp3) is 0.167. The van der Waals surface area contributed by atoms with Gasteiger partial charge in [-0.15, -0.1) is 0 Å². The molecule has 1 aromatic rings. The molecule has 1 rings (SSSR count). The largest absolute Gasteiger partial charge is 0.504 e. The van der Waals surface area contributed by atoms with Crippen LogP contribution in [0.4, 0.5) is 0 Å². The summed E-state index contributed by atoms with van der Waals surface area (Å²) < 4.78 is 9.81. The number of hydrogen-bond acceptors (Lipinski definition) is 3. The van der Waals surface area contributed by atoms with Crippen molar-refractivity contribution in [3.05, 3.63) is 36.1 Å². The van der Waals surface area contributed by atoms with Gasteiger partial charge in [0.2, 0.25) is 0 Å². The summed E-state index contributed by atoms with van der Waals surface area (Å²) in [7, 11) is 3.07. The highest BCUT2D eigenvalue weighted by atomic mass is 16.5. The number of ether oxygens (including phenoxy) is 2. The summed E-state index contributed by atoms with van der Waals surface area (Å²) in [6, 6.07) is 3.52. The molecule has 0 aliphatic rings. The van der Waals surface area contributed by atoms with Crippen LogP contribution in [0.3, 0.4) is 0 Å². The zero-order valence-electron chi connectivity index (χ0n) is 8.86. The van der Waals surface area contributed by atoms with Crippen LogP contribution in [-0.2, 0) is 4.74 Å². The van der Waals surface area contributed by atoms with E-state index in [0.29, 0.717) is 11.3 Å². The Kier molecular flexibility index (Phi) is 3.80. The zero-order valence-corrected chi connectivity index (χ0v) is 8.86. The molecule has 3 nitrogen and oxygen atoms in total. The summed E-state index contributed by atoms with van der Waals surface area (Å²) in [6.07, 6.45) is 4.86. The van der Waals surface area contributed by atoms with Gasteiger partial charge in [0.15, 0.2) is 11.5 Å². The van der Waals surface area contributed by atoms with E-state index in [2.05, 4.69) is 6.58 Å². The SMILES string of the molecule is C=Cc1c(C=COC)ccc(OC)c1O. The van der Waals surface area contributed by atoms with E-state index in [1.807, 2.05) is 6.07 Å². The lowest BCUT2D eigenvalue weighted by Gasteiger charge is -2.08. The fourth-order valence-corrected chi connectivity index (χ4v) is 1.27. The third-order valence-corrected chi connectivity index (χ3v) is 2.02. The van der Waals surface area contributed by atoms with Gasteiger partial charge in [-0.25, -0.2) is 0 Å². The molecule has 0 spiro atoms. The topological polar surface area (TPSA) is 38.7 Å². The maximum atomic E-state index is 9.80. The summed E-state index contributed by atoms with van der Waals surface area (Å²) >= 11 is 0. The Balaban J connectivity index is 3.24. The van der Waals surface area contributed by atoms with Crippen LogP contribution in [0.25, 0.3) is 12.2 Å². The van der Waals surface area contributed by atoms with Crippen molar-refractivity contribution in [2.45, 2.75) is 0 Å². The Morgan fingerprint density at radius 3 is 2.60 bits per heavy atom. The predicted octanol–water partition coefficient (Wildman–Crippen LogP) is 2.66. The molecule has 0 amide bonds. The summed E-state index contributed by atoms with van der Waals surface area (Å²) in [6.45, 7) is 3.65. The quantitative estimate of drug-likeness (QED) is 0.770. The second-order valence-corrected chi connectivity index (χ2v) is 2.86. The molecule has 0 bridgehead atoms. The van der Waals surface area contributed by atoms with Gasteiger partial charge in [0, 0.05) is 5.56 Å². The van der Waals surface area contributed by atoms with E-state index >= 15 is 0 Å². The molecule has 1 aromatic carbocycles. The summed E-state index contributed by atoms with van der Waals surface area (Å²) in [4.78, 5) is 0. The number of aromatic hydroxyl groups is 1. The van der Waals surface area contributed by atoms with Gasteiger partial charge in [0.25, 0.3) is 0 Å². The van der Waals surface area contributed by atoms with E-state index in [9.17, 15) is 5.11 Å². The minimum Gasteiger partial charge on any atom is -0.504 e. The van der Waals surface area contributed by atoms with Crippen molar-refractivity contribution in [1.29, 1.82) is 0 Å². The Labute approximate surface area is 89.3 Å². The highest BCUT2D eigenvalue weighted by Gasteiger charge is 2.08. The molecule has 0 unspecified atom stereocenters. The van der Waals surface area contributed by atoms with Crippen LogP contribution in [0.5, 0.6) is 11.5 Å². The standard InChI is InChI=1S/C12H14O3/c1-4-10-9(7-8-14-2)5-6-11(15-3)12(10)13/h4-8,13H,1H2,2-3H3. The van der Waals surface area contributed by atoms with Gasteiger partial charge < -0.3 is 14.6 Å². The monoisotopic (exact) mass is 206 g/mol. The van der Waals surface area contributed by atoms with Gasteiger partial charge in [0.1, 0.15) is 0 Å². The second kappa shape index (κ2) is 5.10. The molecule has 0 atom stereocenters. The third-order valence-electron chi connectivity index (χ3n) is 2.02. The highest BCUT2D eigenvalue weighted by Crippen LogP contribution is 2.33. The van der Waals surface area contributed by atoms with Crippen molar-refractivity contribution in [3.8, 4) is 11.5 Å². The summed E-state index contributed by atoms with van der Waals surface area (Å²) in [5.74, 6) is 0.519. The third kappa shape index (κ3) is 2.31. The molecule has 0 saturated carbocycles. The summed E-state index contributed by atoms with van der Waals surface area (Å²) in [5.41, 5.74) is 1.45. The number of phenols is 1. The number of rotatable bonds is 4. The minimum atomic E-state index is 0.0887. The van der Waals surface area contributed by atoms with E-state index in [-0.39, 0.29) is 5.75 Å². The first-order valence-corrected chi connectivity index (χ1v) is 4.46. The smallest absolute Gasteiger partial charge is 0.165 e. The average Bonchev–Trinajstić information content (AvgIpc) is 2.26. The first kappa shape index (κ1) is 11.2. The molecule has 0 aliphatic carbocycles. The minimum absolute atomic E-state index is 0.0887. The van der Waals surface area contributed by atoms with E-state index in [1.165, 1.54) is 13.4 Å². The molecule has 0 radical (unpaired) electrons. The van der Waals surface area contributed by atoms with Crippen LogP contribution >= 0.6 is 0 Å². The van der Waals surface area contributed by atoms with E-state index in [4.69, 9.17) is 9.47 Å². The Morgan fingerprint density at radius 1 is 1.33 bits per heavy atom. The lowest BCUT2D eigenvalue weighted by Crippen LogP contribution is -1.88. The fourth-order valence-electron chi connectivity index (χ4n) is 1.27. The van der Waals surface area contributed by atoms with Crippen molar-refractivity contribution in [2.24, 2.45) is 0 Å². The molecule has 80 valence electrons. The molecule has 0 heterocycles. The zero-order chi connectivity index (χ0) is 11.3. The molecule has 1 N–H and O–H groups in total. The van der Waals surface area contributed by atoms with Crippen molar-refractivity contribution in [2.75, 3.05) is 14.2 Å². The Morgan fingerprint density at radius 2 is 2.07 bits per heavy atom. The van der Waals surface area contributed by atoms with Gasteiger partial charge in [-0.05, 0) is 17.7 Å². The normalized spacial score (nSPS) is 10.3. The van der Waals surface area contributed by atoms with Gasteiger partial charge in [-0.2, -0.15) is 0 Å². The number of benzene rings is 1. The molecule has 0 saturated heterocycles. The Bertz CT molecular complexity index is 381. The van der Waals surface area contributed by atoms with E-state index in [1.54, 1.807) is 25.3 Å². The second-order valence-electron chi connectivity index (χ2n) is 2.86. The van der Waals surface area contributed by atoms with Crippen LogP contribution in [0, 0.1) is 0 Å². The lowest BCUT2D eigenvalue weighted by atomic mass is 10.1. The summed E-state index contributed by atoms with van der Waals surface area (Å²) in [5, 5.41) is 9.80. The van der Waals surface area contributed by atoms with Crippen LogP contribution in [-0.4, -0.2) is 19.3 Å². The molecule has 15 heavy (non-hydrogen) atoms. The predicted molar refractivity (Wildman–Crippen MR) is 60.8 cm³/mol. The molecule has 0 fully saturated rings. The highest BCUT2D eigenvalue weighted by molar-refractivity contribution is 5.71. The van der Waals surface area contributed by atoms with Gasteiger partial charge in [0.05, 0.1) is 20.5 Å². The molecule has 0 aromatic heterocycles. The van der Waals surface area contributed by atoms with Gasteiger partial charge >= 0.3 is 0 Å². The van der Waals surface area contributed by atoms with Gasteiger partial charge in [-0.1, -0.05) is 18.7 Å². The van der Waals surface area contributed by atoms with E-state index in [0.717, 1.165) is 5.56 Å². The molecule has 3 heteroatoms. The van der Waals surface area contributed by atoms with Crippen molar-refractivity contribution in [1.82, 2.24) is 0 Å². The maximum Gasteiger partial charge on any atom is 0.165 e. The number of phenolic OH excluding ortho intramolecular Hbond substituents is 1. The lowest BCUT2D eigenvalue weighted by molar-refractivity contribution is 0.341. The van der Waals surface area contributed by atoms with Crippen LogP contribution in [0.15, 0.2) is 25.0 Å². The maximum absolute atomic E-state index is 9.80. The van der Waals surface area contributed by atoms with Crippen LogP contribution < -0.4 is 4.74 Å². The average molecular weight is 206 g/mol. The van der Waals surface area contributed by atoms with Gasteiger partial charge in [-0.3, -0.25) is 0 Å². The van der Waals surface area contributed by atoms with Crippen molar-refractivity contribution >= 4 is 12.2 Å². The number of hydrogen-bond donors (Lipinski definition) is 1. The van der Waals surface area contributed by atoms with Crippen LogP contribution in [0.2, 0.25) is 0 Å². The van der Waals surface area contributed by atoms with E-state index < -0.39 is 0 Å². The van der Waals surface area contributed by atoms with Crippen molar-refractivity contribution in [3.63, 3.8) is 0 Å². The first-order valence-electron chi connectivity index (χ1n) is 4.46. The first-order chi connectivity index (χ1) is 7.24.